The number of benzene rings is 2. The second kappa shape index (κ2) is 7.07. The second-order valence-electron chi connectivity index (χ2n) is 6.53. The lowest BCUT2D eigenvalue weighted by molar-refractivity contribution is -0.296. The summed E-state index contributed by atoms with van der Waals surface area (Å²) in [6.45, 7) is 1.94. The summed E-state index contributed by atoms with van der Waals surface area (Å²) in [6, 6.07) is 11.2. The molecule has 2 aromatic rings. The number of hydrogen-bond donors (Lipinski definition) is 0. The molecule has 1 fully saturated rings. The van der Waals surface area contributed by atoms with Gasteiger partial charge in [0.1, 0.15) is 11.5 Å². The summed E-state index contributed by atoms with van der Waals surface area (Å²) in [5, 5.41) is 0. The summed E-state index contributed by atoms with van der Waals surface area (Å²) >= 11 is 0. The molecule has 3 rings (SSSR count). The third-order valence-electron chi connectivity index (χ3n) is 4.72. The van der Waals surface area contributed by atoms with Crippen LogP contribution in [0.25, 0.3) is 0 Å². The number of carbonyl (C=O) groups is 1. The zero-order valence-corrected chi connectivity index (χ0v) is 14.9. The summed E-state index contributed by atoms with van der Waals surface area (Å²) < 4.78 is 76.4. The smallest absolute Gasteiger partial charge is 0.454 e. The molecule has 0 unspecified atom stereocenters. The molecule has 0 radical (unpaired) electrons. The number of alkyl halides is 5. The average Bonchev–Trinajstić information content (AvgIpc) is 3.44. The first-order valence-corrected chi connectivity index (χ1v) is 8.61. The van der Waals surface area contributed by atoms with E-state index in [0.717, 1.165) is 0 Å². The van der Waals surface area contributed by atoms with Crippen molar-refractivity contribution in [2.75, 3.05) is 6.61 Å². The Kier molecular flexibility index (Phi) is 5.08. The number of esters is 1. The zero-order chi connectivity index (χ0) is 20.6. The first kappa shape index (κ1) is 20.1. The number of rotatable bonds is 6. The van der Waals surface area contributed by atoms with E-state index in [2.05, 4.69) is 0 Å². The Balaban J connectivity index is 1.73. The van der Waals surface area contributed by atoms with Gasteiger partial charge in [0.15, 0.2) is 0 Å². The third-order valence-corrected chi connectivity index (χ3v) is 4.72. The maximum Gasteiger partial charge on any atom is 0.454 e. The van der Waals surface area contributed by atoms with Crippen molar-refractivity contribution in [1.82, 2.24) is 0 Å². The predicted molar refractivity (Wildman–Crippen MR) is 90.8 cm³/mol. The van der Waals surface area contributed by atoms with Crippen molar-refractivity contribution in [1.29, 1.82) is 0 Å². The predicted octanol–water partition coefficient (Wildman–Crippen LogP) is 5.88. The Morgan fingerprint density at radius 1 is 0.929 bits per heavy atom. The van der Waals surface area contributed by atoms with Crippen LogP contribution in [0, 0.1) is 0 Å². The van der Waals surface area contributed by atoms with Crippen molar-refractivity contribution in [3.05, 3.63) is 59.7 Å². The molecule has 1 aliphatic rings. The first-order valence-electron chi connectivity index (χ1n) is 8.61. The molecule has 0 heterocycles. The normalized spacial score (nSPS) is 15.8. The molecule has 0 aliphatic heterocycles. The number of ether oxygens (including phenoxy) is 2. The van der Waals surface area contributed by atoms with Crippen molar-refractivity contribution in [2.45, 2.75) is 37.3 Å². The fourth-order valence-corrected chi connectivity index (χ4v) is 3.03. The summed E-state index contributed by atoms with van der Waals surface area (Å²) in [7, 11) is 0. The molecule has 0 amide bonds. The summed E-state index contributed by atoms with van der Waals surface area (Å²) in [6.07, 6.45) is -6.05. The Morgan fingerprint density at radius 2 is 1.43 bits per heavy atom. The topological polar surface area (TPSA) is 35.5 Å². The average molecular weight is 400 g/mol. The molecule has 0 saturated heterocycles. The van der Waals surface area contributed by atoms with Crippen LogP contribution in [-0.4, -0.2) is 24.7 Å². The number of hydrogen-bond acceptors (Lipinski definition) is 3. The van der Waals surface area contributed by atoms with Gasteiger partial charge >= 0.3 is 18.1 Å². The maximum absolute atomic E-state index is 13.9. The van der Waals surface area contributed by atoms with Gasteiger partial charge in [-0.1, -0.05) is 12.1 Å². The third kappa shape index (κ3) is 3.55. The van der Waals surface area contributed by atoms with Crippen LogP contribution in [0.2, 0.25) is 0 Å². The summed E-state index contributed by atoms with van der Waals surface area (Å²) in [5.74, 6) is -4.61. The minimum Gasteiger partial charge on any atom is -0.462 e. The van der Waals surface area contributed by atoms with Gasteiger partial charge in [0, 0.05) is 0 Å². The molecule has 1 saturated carbocycles. The Morgan fingerprint density at radius 3 is 1.86 bits per heavy atom. The molecular formula is C20H17F5O3. The van der Waals surface area contributed by atoms with Gasteiger partial charge in [-0.15, -0.1) is 0 Å². The van der Waals surface area contributed by atoms with Crippen LogP contribution in [0.1, 0.15) is 35.7 Å². The monoisotopic (exact) mass is 400 g/mol. The van der Waals surface area contributed by atoms with Crippen LogP contribution in [0.15, 0.2) is 48.5 Å². The Bertz CT molecular complexity index is 838. The van der Waals surface area contributed by atoms with Crippen LogP contribution in [0.5, 0.6) is 11.5 Å². The van der Waals surface area contributed by atoms with Crippen LogP contribution >= 0.6 is 0 Å². The summed E-state index contributed by atoms with van der Waals surface area (Å²) in [5.41, 5.74) is -1.93. The lowest BCUT2D eigenvalue weighted by atomic mass is 9.88. The largest absolute Gasteiger partial charge is 0.462 e. The van der Waals surface area contributed by atoms with E-state index >= 15 is 0 Å². The van der Waals surface area contributed by atoms with Gasteiger partial charge in [-0.05, 0) is 61.7 Å². The highest BCUT2D eigenvalue weighted by molar-refractivity contribution is 5.89. The number of carbonyl (C=O) groups excluding carboxylic acids is 1. The molecule has 0 atom stereocenters. The van der Waals surface area contributed by atoms with Crippen molar-refractivity contribution >= 4 is 5.97 Å². The maximum atomic E-state index is 13.9. The molecule has 0 aromatic heterocycles. The molecular weight excluding hydrogens is 383 g/mol. The van der Waals surface area contributed by atoms with Gasteiger partial charge in [0.25, 0.3) is 0 Å². The Hall–Kier alpha value is -2.64. The van der Waals surface area contributed by atoms with Crippen LogP contribution in [0.3, 0.4) is 0 Å². The molecule has 1 aliphatic carbocycles. The molecule has 0 bridgehead atoms. The minimum atomic E-state index is -5.60. The highest BCUT2D eigenvalue weighted by Crippen LogP contribution is 2.63. The van der Waals surface area contributed by atoms with E-state index in [-0.39, 0.29) is 30.8 Å². The Labute approximate surface area is 158 Å². The van der Waals surface area contributed by atoms with Crippen molar-refractivity contribution in [3.63, 3.8) is 0 Å². The molecule has 8 heteroatoms. The number of halogens is 5. The fourth-order valence-electron chi connectivity index (χ4n) is 3.03. The van der Waals surface area contributed by atoms with Gasteiger partial charge in [-0.3, -0.25) is 0 Å². The van der Waals surface area contributed by atoms with Gasteiger partial charge < -0.3 is 9.47 Å². The van der Waals surface area contributed by atoms with Gasteiger partial charge in [-0.25, -0.2) is 4.79 Å². The van der Waals surface area contributed by atoms with Crippen LogP contribution < -0.4 is 4.74 Å². The van der Waals surface area contributed by atoms with Gasteiger partial charge in [0.05, 0.1) is 17.6 Å². The molecule has 0 N–H and O–H groups in total. The van der Waals surface area contributed by atoms with Crippen molar-refractivity contribution in [2.24, 2.45) is 0 Å². The SMILES string of the molecule is CCOC(=O)c1ccc(Oc2ccc(C3(C(F)(F)C(F)(F)F)CC3)cc2)cc1. The standard InChI is InChI=1S/C20H17F5O3/c1-2-27-17(26)13-3-7-15(8-4-13)28-16-9-5-14(6-10-16)18(11-12-18)19(21,22)20(23,24)25/h3-10H,2,11-12H2,1H3. The minimum absolute atomic E-state index is 0.0696. The molecule has 150 valence electrons. The highest BCUT2D eigenvalue weighted by Gasteiger charge is 2.75. The summed E-state index contributed by atoms with van der Waals surface area (Å²) in [4.78, 5) is 11.6. The van der Waals surface area contributed by atoms with Gasteiger partial charge in [0.2, 0.25) is 0 Å². The quantitative estimate of drug-likeness (QED) is 0.448. The van der Waals surface area contributed by atoms with Gasteiger partial charge in [-0.2, -0.15) is 22.0 Å². The van der Waals surface area contributed by atoms with E-state index in [9.17, 15) is 26.7 Å². The van der Waals surface area contributed by atoms with Crippen LogP contribution in [-0.2, 0) is 10.2 Å². The first-order chi connectivity index (χ1) is 13.1. The van der Waals surface area contributed by atoms with Crippen LogP contribution in [0.4, 0.5) is 22.0 Å². The van der Waals surface area contributed by atoms with E-state index in [0.29, 0.717) is 11.3 Å². The van der Waals surface area contributed by atoms with Crippen molar-refractivity contribution in [3.8, 4) is 11.5 Å². The molecule has 0 spiro atoms. The fraction of sp³-hybridized carbons (Fsp3) is 0.350. The lowest BCUT2D eigenvalue weighted by Crippen LogP contribution is -2.47. The van der Waals surface area contributed by atoms with Crippen molar-refractivity contribution < 1.29 is 36.2 Å². The van der Waals surface area contributed by atoms with E-state index in [1.54, 1.807) is 6.92 Å². The van der Waals surface area contributed by atoms with E-state index in [1.165, 1.54) is 48.5 Å². The van der Waals surface area contributed by atoms with E-state index in [4.69, 9.17) is 9.47 Å². The second-order valence-corrected chi connectivity index (χ2v) is 6.53. The zero-order valence-electron chi connectivity index (χ0n) is 14.9. The van der Waals surface area contributed by atoms with E-state index < -0.39 is 23.5 Å². The molecule has 3 nitrogen and oxygen atoms in total. The lowest BCUT2D eigenvalue weighted by Gasteiger charge is -2.29. The molecule has 28 heavy (non-hydrogen) atoms. The molecule has 2 aromatic carbocycles. The highest BCUT2D eigenvalue weighted by atomic mass is 19.4. The van der Waals surface area contributed by atoms with E-state index in [1.807, 2.05) is 0 Å².